The van der Waals surface area contributed by atoms with Crippen LogP contribution in [0.1, 0.15) is 32.6 Å². The van der Waals surface area contributed by atoms with Gasteiger partial charge in [-0.1, -0.05) is 18.1 Å². The predicted octanol–water partition coefficient (Wildman–Crippen LogP) is 0.892. The summed E-state index contributed by atoms with van der Waals surface area (Å²) >= 11 is 0. The van der Waals surface area contributed by atoms with Gasteiger partial charge in [-0.05, 0) is 19.8 Å². The standard InChI is InChI=1S/C6H12O.C2HN3/c1-6(7)4-2-3-5-6;1-2-3-4-5(1)2/h7H,2-5H2,1H3;1H. The fourth-order valence-electron chi connectivity index (χ4n) is 1.42. The van der Waals surface area contributed by atoms with Crippen molar-refractivity contribution in [1.82, 2.24) is 15.0 Å². The van der Waals surface area contributed by atoms with Crippen molar-refractivity contribution in [2.24, 2.45) is 0 Å². The first-order valence-corrected chi connectivity index (χ1v) is 4.32. The van der Waals surface area contributed by atoms with Crippen molar-refractivity contribution in [3.05, 3.63) is 6.20 Å². The molecule has 1 aliphatic carbocycles. The highest BCUT2D eigenvalue weighted by atomic mass is 16.3. The van der Waals surface area contributed by atoms with Gasteiger partial charge in [-0.25, -0.2) is 0 Å². The summed E-state index contributed by atoms with van der Waals surface area (Å²) in [6.45, 7) is 1.92. The largest absolute Gasteiger partial charge is 0.390 e. The molecule has 0 saturated heterocycles. The normalized spacial score (nSPS) is 21.5. The Bertz CT molecular complexity index is 248. The smallest absolute Gasteiger partial charge is 0.197 e. The van der Waals surface area contributed by atoms with Crippen LogP contribution in [0.5, 0.6) is 0 Å². The van der Waals surface area contributed by atoms with E-state index in [1.54, 1.807) is 4.68 Å². The van der Waals surface area contributed by atoms with E-state index in [9.17, 15) is 5.11 Å². The molecule has 66 valence electrons. The Morgan fingerprint density at radius 1 is 1.50 bits per heavy atom. The minimum absolute atomic E-state index is 0.306. The Hall–Kier alpha value is -0.900. The molecule has 2 heterocycles. The number of nitrogens with zero attached hydrogens (tertiary/aromatic N) is 3. The van der Waals surface area contributed by atoms with Crippen molar-refractivity contribution >= 4 is 0 Å². The molecule has 4 heteroatoms. The molecule has 1 N–H and O–H groups in total. The summed E-state index contributed by atoms with van der Waals surface area (Å²) in [4.78, 5) is 0. The highest BCUT2D eigenvalue weighted by Gasteiger charge is 2.24. The van der Waals surface area contributed by atoms with Crippen LogP contribution in [0, 0.1) is 0 Å². The van der Waals surface area contributed by atoms with Crippen molar-refractivity contribution in [3.8, 4) is 5.82 Å². The van der Waals surface area contributed by atoms with Gasteiger partial charge in [0.25, 0.3) is 0 Å². The average molecular weight is 167 g/mol. The fraction of sp³-hybridized carbons (Fsp3) is 0.750. The van der Waals surface area contributed by atoms with E-state index in [2.05, 4.69) is 10.3 Å². The molecule has 0 radical (unpaired) electrons. The van der Waals surface area contributed by atoms with Crippen molar-refractivity contribution in [1.29, 1.82) is 0 Å². The number of hydrogen-bond acceptors (Lipinski definition) is 3. The molecular formula is C8H13N3O. The Morgan fingerprint density at radius 2 is 2.08 bits per heavy atom. The zero-order valence-electron chi connectivity index (χ0n) is 7.19. The van der Waals surface area contributed by atoms with Crippen LogP contribution in [0.25, 0.3) is 5.82 Å². The number of rotatable bonds is 0. The second-order valence-corrected chi connectivity index (χ2v) is 3.73. The van der Waals surface area contributed by atoms with Gasteiger partial charge in [-0.15, -0.1) is 5.10 Å². The van der Waals surface area contributed by atoms with E-state index in [0.29, 0.717) is 0 Å². The summed E-state index contributed by atoms with van der Waals surface area (Å²) in [6.07, 6.45) is 6.31. The van der Waals surface area contributed by atoms with Gasteiger partial charge in [-0.2, -0.15) is 4.68 Å². The van der Waals surface area contributed by atoms with Crippen LogP contribution in [0.4, 0.5) is 0 Å². The zero-order valence-corrected chi connectivity index (χ0v) is 7.19. The van der Waals surface area contributed by atoms with Crippen LogP contribution >= 0.6 is 0 Å². The Labute approximate surface area is 71.2 Å². The highest BCUT2D eigenvalue weighted by Crippen LogP contribution is 2.27. The lowest BCUT2D eigenvalue weighted by Gasteiger charge is -2.12. The Kier molecular flexibility index (Phi) is 1.65. The van der Waals surface area contributed by atoms with Crippen LogP contribution < -0.4 is 0 Å². The molecule has 2 aliphatic heterocycles. The number of hydrogen-bond donors (Lipinski definition) is 1. The molecule has 12 heavy (non-hydrogen) atoms. The lowest BCUT2D eigenvalue weighted by atomic mass is 10.1. The maximum absolute atomic E-state index is 9.19. The first-order chi connectivity index (χ1) is 5.67. The minimum atomic E-state index is -0.306. The van der Waals surface area contributed by atoms with E-state index in [4.69, 9.17) is 0 Å². The third-order valence-corrected chi connectivity index (χ3v) is 2.33. The second-order valence-electron chi connectivity index (χ2n) is 3.73. The Morgan fingerprint density at radius 3 is 2.17 bits per heavy atom. The van der Waals surface area contributed by atoms with Crippen molar-refractivity contribution < 1.29 is 5.11 Å². The van der Waals surface area contributed by atoms with Crippen molar-refractivity contribution in [3.63, 3.8) is 0 Å². The Balaban J connectivity index is 0.0000000978. The summed E-state index contributed by atoms with van der Waals surface area (Å²) in [5.74, 6) is 1.02. The SMILES string of the molecule is CC1(O)CCCC1.c1c2nnn1-2. The molecule has 0 atom stereocenters. The summed E-state index contributed by atoms with van der Waals surface area (Å²) < 4.78 is 1.72. The van der Waals surface area contributed by atoms with E-state index < -0.39 is 0 Å². The quantitative estimate of drug-likeness (QED) is 0.634. The first-order valence-electron chi connectivity index (χ1n) is 4.32. The van der Waals surface area contributed by atoms with Gasteiger partial charge in [0.05, 0.1) is 11.8 Å². The third-order valence-electron chi connectivity index (χ3n) is 2.33. The number of aliphatic hydroxyl groups is 1. The topological polar surface area (TPSA) is 50.9 Å². The van der Waals surface area contributed by atoms with Gasteiger partial charge in [-0.3, -0.25) is 0 Å². The maximum Gasteiger partial charge on any atom is 0.197 e. The molecule has 1 saturated carbocycles. The predicted molar refractivity (Wildman–Crippen MR) is 44.0 cm³/mol. The molecular weight excluding hydrogens is 154 g/mol. The lowest BCUT2D eigenvalue weighted by Crippen LogP contribution is -2.17. The molecule has 3 rings (SSSR count). The molecule has 0 aromatic heterocycles. The molecule has 0 spiro atoms. The van der Waals surface area contributed by atoms with Crippen LogP contribution in [0.15, 0.2) is 6.20 Å². The zero-order chi connectivity index (χ0) is 8.60. The van der Waals surface area contributed by atoms with Crippen LogP contribution in [0.3, 0.4) is 0 Å². The molecule has 0 unspecified atom stereocenters. The van der Waals surface area contributed by atoms with Gasteiger partial charge in [0.2, 0.25) is 0 Å². The van der Waals surface area contributed by atoms with Crippen molar-refractivity contribution in [2.45, 2.75) is 38.2 Å². The minimum Gasteiger partial charge on any atom is -0.390 e. The van der Waals surface area contributed by atoms with E-state index in [-0.39, 0.29) is 5.60 Å². The summed E-state index contributed by atoms with van der Waals surface area (Å²) in [5, 5.41) is 16.3. The fourth-order valence-corrected chi connectivity index (χ4v) is 1.42. The van der Waals surface area contributed by atoms with E-state index in [0.717, 1.165) is 18.7 Å². The summed E-state index contributed by atoms with van der Waals surface area (Å²) in [7, 11) is 0. The van der Waals surface area contributed by atoms with E-state index in [1.807, 2.05) is 13.1 Å². The van der Waals surface area contributed by atoms with Crippen LogP contribution in [-0.2, 0) is 0 Å². The van der Waals surface area contributed by atoms with Crippen LogP contribution in [-0.4, -0.2) is 25.7 Å². The molecule has 1 fully saturated rings. The van der Waals surface area contributed by atoms with Gasteiger partial charge in [0.1, 0.15) is 0 Å². The van der Waals surface area contributed by atoms with Crippen LogP contribution in [0.2, 0.25) is 0 Å². The number of aromatic nitrogens is 3. The third kappa shape index (κ3) is 1.64. The summed E-state index contributed by atoms with van der Waals surface area (Å²) in [6, 6.07) is 0. The summed E-state index contributed by atoms with van der Waals surface area (Å²) in [5.41, 5.74) is -0.306. The van der Waals surface area contributed by atoms with Gasteiger partial charge >= 0.3 is 0 Å². The van der Waals surface area contributed by atoms with E-state index >= 15 is 0 Å². The number of fused-ring (bicyclic) bond motifs is 1. The molecule has 3 aliphatic rings. The molecule has 0 bridgehead atoms. The highest BCUT2D eigenvalue weighted by molar-refractivity contribution is 5.28. The van der Waals surface area contributed by atoms with Crippen molar-refractivity contribution in [2.75, 3.05) is 0 Å². The van der Waals surface area contributed by atoms with Gasteiger partial charge in [0.15, 0.2) is 5.82 Å². The average Bonchev–Trinajstić information content (AvgIpc) is 2.42. The molecule has 0 aromatic rings. The molecule has 4 nitrogen and oxygen atoms in total. The molecule has 0 aromatic carbocycles. The molecule has 0 amide bonds. The first kappa shape index (κ1) is 7.73. The van der Waals surface area contributed by atoms with Gasteiger partial charge in [0, 0.05) is 0 Å². The second kappa shape index (κ2) is 2.55. The monoisotopic (exact) mass is 167 g/mol. The lowest BCUT2D eigenvalue weighted by molar-refractivity contribution is 0.0681. The van der Waals surface area contributed by atoms with Gasteiger partial charge < -0.3 is 5.11 Å². The van der Waals surface area contributed by atoms with E-state index in [1.165, 1.54) is 12.8 Å². The maximum atomic E-state index is 9.19.